The Morgan fingerprint density at radius 1 is 0.900 bits per heavy atom. The number of nitrogens with one attached hydrogen (secondary N) is 2. The zero-order chi connectivity index (χ0) is 20.7. The number of H-pyrrole nitrogens is 1. The highest BCUT2D eigenvalue weighted by Crippen LogP contribution is 2.31. The predicted octanol–water partition coefficient (Wildman–Crippen LogP) is 5.50. The molecule has 5 nitrogen and oxygen atoms in total. The highest BCUT2D eigenvalue weighted by Gasteiger charge is 2.14. The van der Waals surface area contributed by atoms with Crippen LogP contribution in [0.25, 0.3) is 32.9 Å². The quantitative estimate of drug-likeness (QED) is 0.425. The molecule has 2 aromatic heterocycles. The van der Waals surface area contributed by atoms with Gasteiger partial charge in [0.2, 0.25) is 5.95 Å². The molecule has 0 aliphatic carbocycles. The normalized spacial score (nSPS) is 11.1. The molecule has 0 aliphatic rings. The zero-order valence-corrected chi connectivity index (χ0v) is 16.7. The van der Waals surface area contributed by atoms with Gasteiger partial charge in [-0.15, -0.1) is 0 Å². The number of hydrogen-bond donors (Lipinski definition) is 2. The predicted molar refractivity (Wildman–Crippen MR) is 122 cm³/mol. The van der Waals surface area contributed by atoms with Gasteiger partial charge in [-0.05, 0) is 47.9 Å². The summed E-state index contributed by atoms with van der Waals surface area (Å²) < 4.78 is 0. The first-order valence-electron chi connectivity index (χ1n) is 9.81. The van der Waals surface area contributed by atoms with E-state index in [0.717, 1.165) is 33.2 Å². The third-order valence-corrected chi connectivity index (χ3v) is 5.32. The third-order valence-electron chi connectivity index (χ3n) is 5.32. The van der Waals surface area contributed by atoms with E-state index in [9.17, 15) is 4.79 Å². The molecule has 0 aliphatic heterocycles. The van der Waals surface area contributed by atoms with Gasteiger partial charge in [0.15, 0.2) is 5.65 Å². The summed E-state index contributed by atoms with van der Waals surface area (Å²) in [5.41, 5.74) is 5.16. The Bertz CT molecular complexity index is 1460. The van der Waals surface area contributed by atoms with Crippen LogP contribution in [0.3, 0.4) is 0 Å². The number of aromatic nitrogens is 3. The SMILES string of the molecule is Cc1ccc(Nc2nc3nccc(-c4cccc5ccccc45)c3c(=O)[nH]2)c(C)c1. The van der Waals surface area contributed by atoms with Crippen molar-refractivity contribution in [2.45, 2.75) is 13.8 Å². The smallest absolute Gasteiger partial charge is 0.262 e. The summed E-state index contributed by atoms with van der Waals surface area (Å²) >= 11 is 0. The molecule has 0 radical (unpaired) electrons. The minimum Gasteiger partial charge on any atom is -0.325 e. The molecule has 0 unspecified atom stereocenters. The van der Waals surface area contributed by atoms with Crippen LogP contribution in [0.5, 0.6) is 0 Å². The Labute approximate surface area is 173 Å². The summed E-state index contributed by atoms with van der Waals surface area (Å²) in [6, 6.07) is 22.2. The molecular formula is C25H20N4O. The van der Waals surface area contributed by atoms with Crippen molar-refractivity contribution in [2.75, 3.05) is 5.32 Å². The van der Waals surface area contributed by atoms with Gasteiger partial charge in [0.25, 0.3) is 5.56 Å². The van der Waals surface area contributed by atoms with E-state index in [0.29, 0.717) is 17.0 Å². The summed E-state index contributed by atoms with van der Waals surface area (Å²) in [7, 11) is 0. The van der Waals surface area contributed by atoms with Crippen LogP contribution in [0.15, 0.2) is 77.7 Å². The molecule has 0 spiro atoms. The van der Waals surface area contributed by atoms with Crippen molar-refractivity contribution in [3.63, 3.8) is 0 Å². The van der Waals surface area contributed by atoms with Crippen LogP contribution in [0, 0.1) is 13.8 Å². The van der Waals surface area contributed by atoms with Gasteiger partial charge < -0.3 is 5.32 Å². The molecule has 0 fully saturated rings. The minimum absolute atomic E-state index is 0.219. The van der Waals surface area contributed by atoms with Crippen LogP contribution in [0.4, 0.5) is 11.6 Å². The van der Waals surface area contributed by atoms with E-state index in [-0.39, 0.29) is 5.56 Å². The molecule has 30 heavy (non-hydrogen) atoms. The number of nitrogens with zero attached hydrogens (tertiary/aromatic N) is 2. The fourth-order valence-corrected chi connectivity index (χ4v) is 3.89. The Morgan fingerprint density at radius 3 is 2.60 bits per heavy atom. The first-order chi connectivity index (χ1) is 14.6. The molecule has 0 saturated carbocycles. The van der Waals surface area contributed by atoms with Crippen molar-refractivity contribution >= 4 is 33.4 Å². The zero-order valence-electron chi connectivity index (χ0n) is 16.7. The van der Waals surface area contributed by atoms with Crippen molar-refractivity contribution in [1.29, 1.82) is 0 Å². The molecule has 3 aromatic carbocycles. The van der Waals surface area contributed by atoms with Crippen LogP contribution in [-0.4, -0.2) is 15.0 Å². The van der Waals surface area contributed by atoms with Gasteiger partial charge in [-0.25, -0.2) is 4.98 Å². The number of hydrogen-bond acceptors (Lipinski definition) is 4. The number of aromatic amines is 1. The van der Waals surface area contributed by atoms with Gasteiger partial charge >= 0.3 is 0 Å². The maximum absolute atomic E-state index is 13.1. The monoisotopic (exact) mass is 392 g/mol. The second-order valence-electron chi connectivity index (χ2n) is 7.44. The number of benzene rings is 3. The van der Waals surface area contributed by atoms with Gasteiger partial charge in [0.1, 0.15) is 0 Å². The Hall–Kier alpha value is -3.99. The maximum atomic E-state index is 13.1. The number of pyridine rings is 1. The fraction of sp³-hybridized carbons (Fsp3) is 0.0800. The lowest BCUT2D eigenvalue weighted by molar-refractivity contribution is 1.14. The number of rotatable bonds is 3. The molecule has 2 N–H and O–H groups in total. The molecule has 0 bridgehead atoms. The standard InChI is InChI=1S/C25H20N4O/c1-15-10-11-21(16(2)14-15)27-25-28-23-22(24(30)29-25)20(12-13-26-23)19-9-5-7-17-6-3-4-8-18(17)19/h3-14H,1-2H3,(H2,26,27,28,29,30). The van der Waals surface area contributed by atoms with Crippen LogP contribution >= 0.6 is 0 Å². The first kappa shape index (κ1) is 18.1. The van der Waals surface area contributed by atoms with Crippen molar-refractivity contribution in [2.24, 2.45) is 0 Å². The second kappa shape index (κ2) is 7.12. The molecule has 146 valence electrons. The summed E-state index contributed by atoms with van der Waals surface area (Å²) in [5, 5.41) is 5.91. The molecule has 0 saturated heterocycles. The molecular weight excluding hydrogens is 372 g/mol. The van der Waals surface area contributed by atoms with E-state index < -0.39 is 0 Å². The molecule has 2 heterocycles. The van der Waals surface area contributed by atoms with Crippen LogP contribution in [0.2, 0.25) is 0 Å². The van der Waals surface area contributed by atoms with Gasteiger partial charge in [0, 0.05) is 17.4 Å². The van der Waals surface area contributed by atoms with Crippen molar-refractivity contribution in [1.82, 2.24) is 15.0 Å². The van der Waals surface area contributed by atoms with E-state index in [1.165, 1.54) is 5.56 Å². The Kier molecular flexibility index (Phi) is 4.29. The topological polar surface area (TPSA) is 70.7 Å². The van der Waals surface area contributed by atoms with Crippen LogP contribution < -0.4 is 10.9 Å². The van der Waals surface area contributed by atoms with Crippen LogP contribution in [0.1, 0.15) is 11.1 Å². The van der Waals surface area contributed by atoms with Gasteiger partial charge in [-0.1, -0.05) is 60.2 Å². The molecule has 0 atom stereocenters. The maximum Gasteiger partial charge on any atom is 0.262 e. The van der Waals surface area contributed by atoms with E-state index in [4.69, 9.17) is 0 Å². The number of aryl methyl sites for hydroxylation is 2. The number of anilines is 2. The Balaban J connectivity index is 1.67. The molecule has 5 heteroatoms. The number of fused-ring (bicyclic) bond motifs is 2. The molecule has 5 aromatic rings. The van der Waals surface area contributed by atoms with Crippen molar-refractivity contribution in [3.05, 3.63) is 94.4 Å². The largest absolute Gasteiger partial charge is 0.325 e. The molecule has 5 rings (SSSR count). The fourth-order valence-electron chi connectivity index (χ4n) is 3.89. The summed E-state index contributed by atoms with van der Waals surface area (Å²) in [6.45, 7) is 4.07. The average molecular weight is 392 g/mol. The van der Waals surface area contributed by atoms with Crippen molar-refractivity contribution < 1.29 is 0 Å². The first-order valence-corrected chi connectivity index (χ1v) is 9.81. The van der Waals surface area contributed by atoms with E-state index in [1.54, 1.807) is 6.20 Å². The summed E-state index contributed by atoms with van der Waals surface area (Å²) in [6.07, 6.45) is 1.70. The second-order valence-corrected chi connectivity index (χ2v) is 7.44. The van der Waals surface area contributed by atoms with Gasteiger partial charge in [0.05, 0.1) is 5.39 Å². The minimum atomic E-state index is -0.219. The summed E-state index contributed by atoms with van der Waals surface area (Å²) in [4.78, 5) is 24.9. The Morgan fingerprint density at radius 2 is 1.73 bits per heavy atom. The highest BCUT2D eigenvalue weighted by atomic mass is 16.1. The van der Waals surface area contributed by atoms with E-state index in [1.807, 2.05) is 56.3 Å². The average Bonchev–Trinajstić information content (AvgIpc) is 2.75. The third kappa shape index (κ3) is 3.10. The van der Waals surface area contributed by atoms with E-state index in [2.05, 4.69) is 44.5 Å². The summed E-state index contributed by atoms with van der Waals surface area (Å²) in [5.74, 6) is 0.377. The highest BCUT2D eigenvalue weighted by molar-refractivity contribution is 6.03. The van der Waals surface area contributed by atoms with Gasteiger partial charge in [-0.3, -0.25) is 9.78 Å². The lowest BCUT2D eigenvalue weighted by Gasteiger charge is -2.12. The van der Waals surface area contributed by atoms with Gasteiger partial charge in [-0.2, -0.15) is 4.98 Å². The lowest BCUT2D eigenvalue weighted by atomic mass is 9.97. The molecule has 0 amide bonds. The van der Waals surface area contributed by atoms with Crippen molar-refractivity contribution in [3.8, 4) is 11.1 Å². The lowest BCUT2D eigenvalue weighted by Crippen LogP contribution is -2.13. The van der Waals surface area contributed by atoms with Crippen LogP contribution in [-0.2, 0) is 0 Å². The van der Waals surface area contributed by atoms with E-state index >= 15 is 0 Å².